The lowest BCUT2D eigenvalue weighted by Crippen LogP contribution is -2.49. The molecule has 1 amide bonds. The minimum atomic E-state index is -4.53. The Bertz CT molecular complexity index is 737. The number of amides is 1. The summed E-state index contributed by atoms with van der Waals surface area (Å²) in [6.07, 6.45) is -4.92. The van der Waals surface area contributed by atoms with Gasteiger partial charge in [-0.2, -0.15) is 13.2 Å². The van der Waals surface area contributed by atoms with Crippen LogP contribution in [0.3, 0.4) is 0 Å². The monoisotopic (exact) mass is 402 g/mol. The second kappa shape index (κ2) is 8.26. The summed E-state index contributed by atoms with van der Waals surface area (Å²) < 4.78 is 44.2. The first-order valence-electron chi connectivity index (χ1n) is 8.79. The molecule has 0 saturated carbocycles. The zero-order valence-electron chi connectivity index (χ0n) is 16.1. The normalized spacial score (nSPS) is 16.9. The van der Waals surface area contributed by atoms with Gasteiger partial charge >= 0.3 is 12.3 Å². The molecule has 1 heterocycles. The summed E-state index contributed by atoms with van der Waals surface area (Å²) in [5, 5.41) is 11.8. The van der Waals surface area contributed by atoms with Crippen LogP contribution in [0, 0.1) is 0 Å². The van der Waals surface area contributed by atoms with Gasteiger partial charge in [-0.15, -0.1) is 0 Å². The van der Waals surface area contributed by atoms with Gasteiger partial charge in [-0.25, -0.2) is 4.79 Å². The highest BCUT2D eigenvalue weighted by Gasteiger charge is 2.32. The Morgan fingerprint density at radius 1 is 1.21 bits per heavy atom. The summed E-state index contributed by atoms with van der Waals surface area (Å²) in [4.78, 5) is 15.7. The highest BCUT2D eigenvalue weighted by Crippen LogP contribution is 2.31. The maximum absolute atomic E-state index is 13.0. The highest BCUT2D eigenvalue weighted by molar-refractivity contribution is 5.98. The summed E-state index contributed by atoms with van der Waals surface area (Å²) in [7, 11) is 0. The van der Waals surface area contributed by atoms with Crippen LogP contribution in [0.2, 0.25) is 0 Å². The first kappa shape index (κ1) is 21.8. The SMILES string of the molecule is CC(C)(C)OC(=O)N1CCN(Cc2ccc(C(F)(F)F)cc2/C(N)=N\O)CC1. The molecule has 3 N–H and O–H groups in total. The molecule has 156 valence electrons. The second-order valence-electron chi connectivity index (χ2n) is 7.60. The van der Waals surface area contributed by atoms with E-state index in [-0.39, 0.29) is 17.5 Å². The van der Waals surface area contributed by atoms with E-state index < -0.39 is 17.3 Å². The van der Waals surface area contributed by atoms with Crippen molar-refractivity contribution in [2.75, 3.05) is 26.2 Å². The molecule has 1 aromatic rings. The first-order chi connectivity index (χ1) is 12.9. The fourth-order valence-corrected chi connectivity index (χ4v) is 2.84. The van der Waals surface area contributed by atoms with Gasteiger partial charge in [0, 0.05) is 38.3 Å². The van der Waals surface area contributed by atoms with Crippen molar-refractivity contribution in [1.29, 1.82) is 0 Å². The van der Waals surface area contributed by atoms with Gasteiger partial charge in [0.2, 0.25) is 0 Å². The minimum absolute atomic E-state index is 0.0342. The number of carbonyl (C=O) groups excluding carboxylic acids is 1. The number of amidine groups is 1. The quantitative estimate of drug-likeness (QED) is 0.351. The van der Waals surface area contributed by atoms with E-state index in [4.69, 9.17) is 15.7 Å². The lowest BCUT2D eigenvalue weighted by Gasteiger charge is -2.35. The second-order valence-corrected chi connectivity index (χ2v) is 7.60. The molecule has 1 aliphatic heterocycles. The van der Waals surface area contributed by atoms with E-state index in [2.05, 4.69) is 5.16 Å². The zero-order valence-corrected chi connectivity index (χ0v) is 16.1. The fourth-order valence-electron chi connectivity index (χ4n) is 2.84. The molecule has 1 aromatic carbocycles. The minimum Gasteiger partial charge on any atom is -0.444 e. The highest BCUT2D eigenvalue weighted by atomic mass is 19.4. The number of benzene rings is 1. The topological polar surface area (TPSA) is 91.4 Å². The van der Waals surface area contributed by atoms with Gasteiger partial charge in [-0.3, -0.25) is 4.90 Å². The average Bonchev–Trinajstić information content (AvgIpc) is 2.59. The lowest BCUT2D eigenvalue weighted by molar-refractivity contribution is -0.137. The lowest BCUT2D eigenvalue weighted by atomic mass is 10.0. The molecule has 0 spiro atoms. The van der Waals surface area contributed by atoms with Gasteiger partial charge in [0.1, 0.15) is 5.60 Å². The largest absolute Gasteiger partial charge is 0.444 e. The molecular formula is C18H25F3N4O3. The number of ether oxygens (including phenoxy) is 1. The third-order valence-corrected chi connectivity index (χ3v) is 4.24. The maximum Gasteiger partial charge on any atom is 0.416 e. The van der Waals surface area contributed by atoms with Crippen molar-refractivity contribution in [1.82, 2.24) is 9.80 Å². The van der Waals surface area contributed by atoms with Crippen LogP contribution in [0.25, 0.3) is 0 Å². The standard InChI is InChI=1S/C18H25F3N4O3/c1-17(2,3)28-16(26)25-8-6-24(7-9-25)11-12-4-5-13(18(19,20)21)10-14(12)15(22)23-27/h4-5,10,27H,6-9,11H2,1-3H3,(H2,22,23). The molecule has 0 bridgehead atoms. The van der Waals surface area contributed by atoms with Crippen molar-refractivity contribution in [3.63, 3.8) is 0 Å². The molecule has 28 heavy (non-hydrogen) atoms. The molecular weight excluding hydrogens is 377 g/mol. The molecule has 1 aliphatic rings. The van der Waals surface area contributed by atoms with Crippen LogP contribution in [0.5, 0.6) is 0 Å². The van der Waals surface area contributed by atoms with E-state index in [0.717, 1.165) is 12.1 Å². The van der Waals surface area contributed by atoms with Crippen LogP contribution >= 0.6 is 0 Å². The van der Waals surface area contributed by atoms with Crippen LogP contribution in [0.4, 0.5) is 18.0 Å². The van der Waals surface area contributed by atoms with Crippen molar-refractivity contribution >= 4 is 11.9 Å². The molecule has 7 nitrogen and oxygen atoms in total. The average molecular weight is 402 g/mol. The summed E-state index contributed by atoms with van der Waals surface area (Å²) in [5.74, 6) is -0.381. The van der Waals surface area contributed by atoms with Crippen LogP contribution in [-0.4, -0.2) is 58.7 Å². The molecule has 1 fully saturated rings. The Morgan fingerprint density at radius 2 is 1.82 bits per heavy atom. The number of rotatable bonds is 3. The van der Waals surface area contributed by atoms with Gasteiger partial charge in [-0.05, 0) is 38.5 Å². The van der Waals surface area contributed by atoms with Crippen molar-refractivity contribution in [2.24, 2.45) is 10.9 Å². The molecule has 0 atom stereocenters. The van der Waals surface area contributed by atoms with E-state index in [1.165, 1.54) is 6.07 Å². The molecule has 1 saturated heterocycles. The number of hydrogen-bond acceptors (Lipinski definition) is 5. The van der Waals surface area contributed by atoms with Crippen LogP contribution in [0.15, 0.2) is 23.4 Å². The van der Waals surface area contributed by atoms with Crippen molar-refractivity contribution in [2.45, 2.75) is 39.1 Å². The number of piperazine rings is 1. The molecule has 10 heteroatoms. The third kappa shape index (κ3) is 5.75. The third-order valence-electron chi connectivity index (χ3n) is 4.24. The predicted octanol–water partition coefficient (Wildman–Crippen LogP) is 2.85. The van der Waals surface area contributed by atoms with Crippen molar-refractivity contribution in [3.05, 3.63) is 34.9 Å². The Hall–Kier alpha value is -2.49. The zero-order chi connectivity index (χ0) is 21.1. The maximum atomic E-state index is 13.0. The first-order valence-corrected chi connectivity index (χ1v) is 8.79. The number of carbonyl (C=O) groups is 1. The number of hydrogen-bond donors (Lipinski definition) is 2. The molecule has 0 radical (unpaired) electrons. The number of halogens is 3. The van der Waals surface area contributed by atoms with E-state index in [1.54, 1.807) is 25.7 Å². The Balaban J connectivity index is 2.08. The van der Waals surface area contributed by atoms with Gasteiger partial charge in [0.15, 0.2) is 5.84 Å². The molecule has 0 unspecified atom stereocenters. The van der Waals surface area contributed by atoms with Crippen molar-refractivity contribution in [3.8, 4) is 0 Å². The summed E-state index contributed by atoms with van der Waals surface area (Å²) >= 11 is 0. The molecule has 0 aromatic heterocycles. The Kier molecular flexibility index (Phi) is 6.43. The summed E-state index contributed by atoms with van der Waals surface area (Å²) in [6, 6.07) is 3.18. The van der Waals surface area contributed by atoms with Gasteiger partial charge in [0.25, 0.3) is 0 Å². The van der Waals surface area contributed by atoms with Crippen LogP contribution in [-0.2, 0) is 17.5 Å². The van der Waals surface area contributed by atoms with Gasteiger partial charge < -0.3 is 20.6 Å². The number of nitrogens with two attached hydrogens (primary N) is 1. The van der Waals surface area contributed by atoms with E-state index >= 15 is 0 Å². The van der Waals surface area contributed by atoms with E-state index in [0.29, 0.717) is 38.3 Å². The Morgan fingerprint density at radius 3 is 2.32 bits per heavy atom. The van der Waals surface area contributed by atoms with Crippen molar-refractivity contribution < 1.29 is 27.9 Å². The number of nitrogens with zero attached hydrogens (tertiary/aromatic N) is 3. The predicted molar refractivity (Wildman–Crippen MR) is 97.0 cm³/mol. The number of oxime groups is 1. The van der Waals surface area contributed by atoms with Gasteiger partial charge in [0.05, 0.1) is 5.56 Å². The van der Waals surface area contributed by atoms with Crippen LogP contribution in [0.1, 0.15) is 37.5 Å². The molecule has 2 rings (SSSR count). The number of alkyl halides is 3. The molecule has 0 aliphatic carbocycles. The Labute approximate surface area is 161 Å². The smallest absolute Gasteiger partial charge is 0.416 e. The van der Waals surface area contributed by atoms with E-state index in [9.17, 15) is 18.0 Å². The summed E-state index contributed by atoms with van der Waals surface area (Å²) in [6.45, 7) is 7.61. The van der Waals surface area contributed by atoms with E-state index in [1.807, 2.05) is 4.90 Å². The van der Waals surface area contributed by atoms with Crippen LogP contribution < -0.4 is 5.73 Å². The van der Waals surface area contributed by atoms with Gasteiger partial charge in [-0.1, -0.05) is 11.2 Å². The fraction of sp³-hybridized carbons (Fsp3) is 0.556. The summed E-state index contributed by atoms with van der Waals surface area (Å²) in [5.41, 5.74) is 4.67.